The molecule has 10 atom stereocenters. The highest BCUT2D eigenvalue weighted by molar-refractivity contribution is 7.99. The number of thioether (sulfide) groups is 2. The number of likely N-dealkylation sites (tertiary alicyclic amines) is 2. The van der Waals surface area contributed by atoms with Gasteiger partial charge in [0, 0.05) is 59.1 Å². The minimum absolute atomic E-state index is 0.0435. The lowest BCUT2D eigenvalue weighted by atomic mass is 9.72. The topological polar surface area (TPSA) is 136 Å². The van der Waals surface area contributed by atoms with Crippen LogP contribution >= 0.6 is 23.5 Å². The van der Waals surface area contributed by atoms with Gasteiger partial charge in [-0.05, 0) is 119 Å². The molecule has 338 valence electrons. The third-order valence-electron chi connectivity index (χ3n) is 14.3. The van der Waals surface area contributed by atoms with E-state index in [1.54, 1.807) is 37.4 Å². The van der Waals surface area contributed by atoms with Crippen molar-refractivity contribution in [2.75, 3.05) is 37.7 Å². The molecule has 4 aliphatic rings. The van der Waals surface area contributed by atoms with Crippen LogP contribution in [0.3, 0.4) is 0 Å². The van der Waals surface area contributed by atoms with E-state index in [1.807, 2.05) is 80.6 Å². The Morgan fingerprint density at radius 2 is 1.13 bits per heavy atom. The van der Waals surface area contributed by atoms with E-state index in [9.17, 15) is 24.6 Å². The highest BCUT2D eigenvalue weighted by Gasteiger charge is 2.41. The van der Waals surface area contributed by atoms with Crippen molar-refractivity contribution in [3.05, 3.63) is 95.6 Å². The molecule has 2 saturated carbocycles. The number of carbonyl (C=O) groups excluding carboxylic acids is 3. The standard InChI is InChI=1S/C30H40N2O3S.C21H32N2O2S/c1-20-10-9-15-26(21(20)2)30(35)31-27(19-36-25-13-5-4-6-14-25)29(34)18-32-17-24-12-8-7-11-23(24)16-28(32)22(3)33;1-15(24)20-11-16-7-5-6-8-17(16)12-23(20)13-21(25)19(22)14-26-18-9-3-2-4-10-18/h4-6,9-10,13-15,23-24,27-29,34H,7-8,11-12,16-19H2,1-3H3,(H,31,35);2-4,9-10,16-17,19-21,25H,5-8,11-14,22H2,1H3/t23-,24+,27-,28-,29+;16-,17+,19-,20-,21+/m00/s1. The van der Waals surface area contributed by atoms with E-state index < -0.39 is 18.2 Å². The van der Waals surface area contributed by atoms with Crippen molar-refractivity contribution < 1.29 is 24.6 Å². The van der Waals surface area contributed by atoms with Crippen molar-refractivity contribution >= 4 is 41.0 Å². The van der Waals surface area contributed by atoms with Crippen LogP contribution in [0.1, 0.15) is 99.5 Å². The summed E-state index contributed by atoms with van der Waals surface area (Å²) in [5.41, 5.74) is 8.91. The number of hydrogen-bond donors (Lipinski definition) is 4. The van der Waals surface area contributed by atoms with Gasteiger partial charge in [-0.25, -0.2) is 0 Å². The highest BCUT2D eigenvalue weighted by Crippen LogP contribution is 2.40. The van der Waals surface area contributed by atoms with Gasteiger partial charge >= 0.3 is 0 Å². The number of ketones is 2. The van der Waals surface area contributed by atoms with Crippen molar-refractivity contribution in [1.29, 1.82) is 0 Å². The Bertz CT molecular complexity index is 1890. The number of aliphatic hydroxyl groups excluding tert-OH is 2. The fraction of sp³-hybridized carbons (Fsp3) is 0.588. The lowest BCUT2D eigenvalue weighted by molar-refractivity contribution is -0.127. The molecule has 2 aliphatic carbocycles. The van der Waals surface area contributed by atoms with Crippen LogP contribution in [0.25, 0.3) is 0 Å². The Morgan fingerprint density at radius 3 is 1.63 bits per heavy atom. The summed E-state index contributed by atoms with van der Waals surface area (Å²) in [6.45, 7) is 10.0. The molecule has 4 fully saturated rings. The van der Waals surface area contributed by atoms with E-state index in [4.69, 9.17) is 5.73 Å². The van der Waals surface area contributed by atoms with Crippen LogP contribution in [0.2, 0.25) is 0 Å². The minimum Gasteiger partial charge on any atom is -0.390 e. The molecule has 2 heterocycles. The van der Waals surface area contributed by atoms with Gasteiger partial charge in [0.15, 0.2) is 0 Å². The average Bonchev–Trinajstić information content (AvgIpc) is 3.28. The Balaban J connectivity index is 0.000000218. The van der Waals surface area contributed by atoms with Gasteiger partial charge in [-0.15, -0.1) is 23.5 Å². The lowest BCUT2D eigenvalue weighted by Gasteiger charge is -2.46. The minimum atomic E-state index is -0.780. The molecule has 3 aromatic rings. The molecule has 0 spiro atoms. The van der Waals surface area contributed by atoms with Gasteiger partial charge < -0.3 is 21.3 Å². The number of β-amino-alcohol motifs (C(OH)–C–C–N with tert-alkyl or cyclic N) is 2. The number of nitrogens with zero attached hydrogens (tertiary/aromatic N) is 2. The first-order valence-corrected chi connectivity index (χ1v) is 25.2. The number of Topliss-reactive ketones (excluding diaryl/α,β-unsaturated/α-hetero) is 2. The number of rotatable bonds is 16. The Morgan fingerprint density at radius 1 is 0.661 bits per heavy atom. The summed E-state index contributed by atoms with van der Waals surface area (Å²) >= 11 is 3.30. The first kappa shape index (κ1) is 48.4. The molecule has 0 unspecified atom stereocenters. The number of hydrogen-bond acceptors (Lipinski definition) is 10. The van der Waals surface area contributed by atoms with Crippen LogP contribution in [-0.2, 0) is 9.59 Å². The molecule has 5 N–H and O–H groups in total. The maximum atomic E-state index is 13.3. The zero-order chi connectivity index (χ0) is 44.2. The quantitative estimate of drug-likeness (QED) is 0.105. The number of benzene rings is 3. The summed E-state index contributed by atoms with van der Waals surface area (Å²) < 4.78 is 0. The van der Waals surface area contributed by atoms with Gasteiger partial charge in [-0.3, -0.25) is 24.2 Å². The van der Waals surface area contributed by atoms with Gasteiger partial charge in [-0.1, -0.05) is 87.1 Å². The van der Waals surface area contributed by atoms with Crippen LogP contribution in [0.4, 0.5) is 0 Å². The maximum absolute atomic E-state index is 13.3. The second-order valence-electron chi connectivity index (χ2n) is 18.6. The lowest BCUT2D eigenvalue weighted by Crippen LogP contribution is -2.56. The number of aryl methyl sites for hydroxylation is 1. The van der Waals surface area contributed by atoms with Crippen molar-refractivity contribution in [3.63, 3.8) is 0 Å². The Labute approximate surface area is 379 Å². The third-order valence-corrected chi connectivity index (χ3v) is 16.6. The molecule has 0 aromatic heterocycles. The number of amides is 1. The summed E-state index contributed by atoms with van der Waals surface area (Å²) in [6.07, 6.45) is 10.5. The van der Waals surface area contributed by atoms with E-state index in [0.717, 1.165) is 42.0 Å². The monoisotopic (exact) mass is 884 g/mol. The van der Waals surface area contributed by atoms with E-state index in [0.29, 0.717) is 53.8 Å². The summed E-state index contributed by atoms with van der Waals surface area (Å²) in [4.78, 5) is 44.7. The summed E-state index contributed by atoms with van der Waals surface area (Å²) in [7, 11) is 0. The summed E-state index contributed by atoms with van der Waals surface area (Å²) in [6, 6.07) is 25.0. The molecule has 62 heavy (non-hydrogen) atoms. The molecule has 0 bridgehead atoms. The van der Waals surface area contributed by atoms with Gasteiger partial charge in [0.05, 0.1) is 30.3 Å². The van der Waals surface area contributed by atoms with Crippen molar-refractivity contribution in [3.8, 4) is 0 Å². The van der Waals surface area contributed by atoms with Crippen LogP contribution in [-0.4, -0.2) is 112 Å². The number of nitrogens with one attached hydrogen (secondary N) is 1. The molecule has 1 amide bonds. The molecule has 3 aromatic carbocycles. The number of aliphatic hydroxyl groups is 2. The molecule has 7 rings (SSSR count). The van der Waals surface area contributed by atoms with E-state index >= 15 is 0 Å². The molecule has 9 nitrogen and oxygen atoms in total. The fourth-order valence-corrected chi connectivity index (χ4v) is 12.4. The molecule has 11 heteroatoms. The first-order valence-electron chi connectivity index (χ1n) is 23.2. The smallest absolute Gasteiger partial charge is 0.251 e. The van der Waals surface area contributed by atoms with E-state index in [2.05, 4.69) is 27.2 Å². The van der Waals surface area contributed by atoms with Gasteiger partial charge in [0.2, 0.25) is 0 Å². The van der Waals surface area contributed by atoms with Crippen LogP contribution in [0.15, 0.2) is 88.7 Å². The normalized spacial score (nSPS) is 26.0. The zero-order valence-corrected chi connectivity index (χ0v) is 39.1. The molecular weight excluding hydrogens is 813 g/mol. The van der Waals surface area contributed by atoms with Crippen LogP contribution in [0, 0.1) is 37.5 Å². The van der Waals surface area contributed by atoms with Crippen molar-refractivity contribution in [2.45, 2.75) is 138 Å². The molecule has 2 saturated heterocycles. The Kier molecular flexibility index (Phi) is 18.6. The second kappa shape index (κ2) is 23.8. The third kappa shape index (κ3) is 13.5. The fourth-order valence-electron chi connectivity index (χ4n) is 10.4. The Hall–Kier alpha value is -3.03. The largest absolute Gasteiger partial charge is 0.390 e. The van der Waals surface area contributed by atoms with Crippen molar-refractivity contribution in [1.82, 2.24) is 15.1 Å². The predicted octanol–water partition coefficient (Wildman–Crippen LogP) is 7.96. The van der Waals surface area contributed by atoms with Crippen LogP contribution < -0.4 is 11.1 Å². The van der Waals surface area contributed by atoms with E-state index in [1.165, 1.54) is 56.3 Å². The van der Waals surface area contributed by atoms with E-state index in [-0.39, 0.29) is 35.6 Å². The number of carbonyl (C=O) groups is 3. The number of nitrogens with two attached hydrogens (primary N) is 1. The first-order chi connectivity index (χ1) is 29.9. The van der Waals surface area contributed by atoms with Gasteiger partial charge in [0.1, 0.15) is 11.6 Å². The molecular formula is C51H72N4O5S2. The van der Waals surface area contributed by atoms with Gasteiger partial charge in [0.25, 0.3) is 5.91 Å². The number of fused-ring (bicyclic) bond motifs is 2. The predicted molar refractivity (Wildman–Crippen MR) is 254 cm³/mol. The second-order valence-corrected chi connectivity index (χ2v) is 20.8. The highest BCUT2D eigenvalue weighted by atomic mass is 32.2. The SMILES string of the molecule is CC(=O)[C@@H]1C[C@@H]2CCCC[C@@H]2CN1C[C@@H](O)[C@@H](N)CSc1ccccc1.CC(=O)[C@@H]1C[C@@H]2CCCC[C@@H]2CN1C[C@@H](O)[C@H](CSc1ccccc1)NC(=O)c1cccc(C)c1C. The maximum Gasteiger partial charge on any atom is 0.251 e. The van der Waals surface area contributed by atoms with Crippen LogP contribution in [0.5, 0.6) is 0 Å². The molecule has 2 aliphatic heterocycles. The number of piperidine rings is 2. The zero-order valence-electron chi connectivity index (χ0n) is 37.5. The van der Waals surface area contributed by atoms with Crippen molar-refractivity contribution in [2.24, 2.45) is 29.4 Å². The summed E-state index contributed by atoms with van der Waals surface area (Å²) in [5, 5.41) is 25.3. The molecule has 0 radical (unpaired) electrons. The average molecular weight is 885 g/mol. The summed E-state index contributed by atoms with van der Waals surface area (Å²) in [5.74, 6) is 4.06. The van der Waals surface area contributed by atoms with Gasteiger partial charge in [-0.2, -0.15) is 0 Å².